The highest BCUT2D eigenvalue weighted by atomic mass is 16.4. The number of benzene rings is 1. The van der Waals surface area contributed by atoms with Gasteiger partial charge in [0.2, 0.25) is 0 Å². The van der Waals surface area contributed by atoms with E-state index in [0.29, 0.717) is 6.54 Å². The van der Waals surface area contributed by atoms with Gasteiger partial charge in [-0.2, -0.15) is 5.10 Å². The predicted octanol–water partition coefficient (Wildman–Crippen LogP) is 2.07. The van der Waals surface area contributed by atoms with Crippen molar-refractivity contribution in [2.45, 2.75) is 26.4 Å². The minimum absolute atomic E-state index is 0.0517. The van der Waals surface area contributed by atoms with Crippen molar-refractivity contribution >= 4 is 5.97 Å². The molecule has 0 aliphatic heterocycles. The lowest BCUT2D eigenvalue weighted by Crippen LogP contribution is -2.40. The molecule has 0 radical (unpaired) electrons. The van der Waals surface area contributed by atoms with Crippen molar-refractivity contribution in [1.82, 2.24) is 15.1 Å². The highest BCUT2D eigenvalue weighted by Crippen LogP contribution is 2.09. The van der Waals surface area contributed by atoms with Crippen LogP contribution in [0.25, 0.3) is 5.69 Å². The Morgan fingerprint density at radius 1 is 1.35 bits per heavy atom. The van der Waals surface area contributed by atoms with E-state index in [4.69, 9.17) is 5.11 Å². The molecule has 0 amide bonds. The second-order valence-electron chi connectivity index (χ2n) is 5.06. The molecule has 0 aliphatic rings. The third kappa shape index (κ3) is 3.45. The summed E-state index contributed by atoms with van der Waals surface area (Å²) in [7, 11) is 0. The summed E-state index contributed by atoms with van der Waals surface area (Å²) < 4.78 is 1.78. The molecule has 0 saturated carbocycles. The van der Waals surface area contributed by atoms with Crippen molar-refractivity contribution in [1.29, 1.82) is 0 Å². The van der Waals surface area contributed by atoms with Gasteiger partial charge < -0.3 is 10.4 Å². The van der Waals surface area contributed by atoms with Crippen LogP contribution in [0, 0.1) is 5.92 Å². The Morgan fingerprint density at radius 3 is 2.55 bits per heavy atom. The van der Waals surface area contributed by atoms with Gasteiger partial charge in [0, 0.05) is 18.9 Å². The van der Waals surface area contributed by atoms with Crippen molar-refractivity contribution in [3.63, 3.8) is 0 Å². The zero-order valence-electron chi connectivity index (χ0n) is 11.7. The van der Waals surface area contributed by atoms with Crippen LogP contribution in [0.4, 0.5) is 0 Å². The van der Waals surface area contributed by atoms with E-state index in [-0.39, 0.29) is 5.92 Å². The predicted molar refractivity (Wildman–Crippen MR) is 76.7 cm³/mol. The fraction of sp³-hybridized carbons (Fsp3) is 0.333. The SMILES string of the molecule is CC(C)[C@@H](NCc1ccc(-n2cccn2)cc1)C(=O)O. The molecule has 106 valence electrons. The molecule has 0 spiro atoms. The van der Waals surface area contributed by atoms with Crippen LogP contribution in [0.3, 0.4) is 0 Å². The van der Waals surface area contributed by atoms with Crippen LogP contribution in [0.2, 0.25) is 0 Å². The zero-order chi connectivity index (χ0) is 14.5. The number of carboxylic acid groups (broad SMARTS) is 1. The van der Waals surface area contributed by atoms with Crippen molar-refractivity contribution in [2.24, 2.45) is 5.92 Å². The number of aromatic nitrogens is 2. The van der Waals surface area contributed by atoms with Gasteiger partial charge >= 0.3 is 5.97 Å². The first-order valence-electron chi connectivity index (χ1n) is 6.63. The average molecular weight is 273 g/mol. The zero-order valence-corrected chi connectivity index (χ0v) is 11.7. The summed E-state index contributed by atoms with van der Waals surface area (Å²) >= 11 is 0. The summed E-state index contributed by atoms with van der Waals surface area (Å²) in [6, 6.07) is 9.23. The highest BCUT2D eigenvalue weighted by Gasteiger charge is 2.20. The molecule has 0 saturated heterocycles. The summed E-state index contributed by atoms with van der Waals surface area (Å²) in [4.78, 5) is 11.1. The van der Waals surface area contributed by atoms with E-state index in [1.54, 1.807) is 10.9 Å². The molecule has 0 aliphatic carbocycles. The third-order valence-corrected chi connectivity index (χ3v) is 3.16. The third-order valence-electron chi connectivity index (χ3n) is 3.16. The number of carboxylic acids is 1. The molecular weight excluding hydrogens is 254 g/mol. The van der Waals surface area contributed by atoms with Crippen LogP contribution in [0.15, 0.2) is 42.7 Å². The van der Waals surface area contributed by atoms with E-state index >= 15 is 0 Å². The molecule has 2 aromatic rings. The maximum absolute atomic E-state index is 11.1. The first kappa shape index (κ1) is 14.3. The molecule has 0 unspecified atom stereocenters. The van der Waals surface area contributed by atoms with Crippen LogP contribution < -0.4 is 5.32 Å². The van der Waals surface area contributed by atoms with E-state index in [0.717, 1.165) is 11.3 Å². The second kappa shape index (κ2) is 6.34. The minimum Gasteiger partial charge on any atom is -0.480 e. The second-order valence-corrected chi connectivity index (χ2v) is 5.06. The molecule has 1 atom stereocenters. The van der Waals surface area contributed by atoms with Gasteiger partial charge in [-0.1, -0.05) is 26.0 Å². The molecular formula is C15H19N3O2. The van der Waals surface area contributed by atoms with Crippen LogP contribution in [-0.2, 0) is 11.3 Å². The Labute approximate surface area is 118 Å². The van der Waals surface area contributed by atoms with Crippen molar-refractivity contribution in [2.75, 3.05) is 0 Å². The van der Waals surface area contributed by atoms with Gasteiger partial charge in [0.05, 0.1) is 5.69 Å². The summed E-state index contributed by atoms with van der Waals surface area (Å²) in [5.74, 6) is -0.760. The fourth-order valence-electron chi connectivity index (χ4n) is 2.02. The first-order chi connectivity index (χ1) is 9.58. The number of rotatable bonds is 6. The Balaban J connectivity index is 1.99. The smallest absolute Gasteiger partial charge is 0.320 e. The summed E-state index contributed by atoms with van der Waals surface area (Å²) in [5, 5.41) is 16.3. The molecule has 0 fully saturated rings. The summed E-state index contributed by atoms with van der Waals surface area (Å²) in [6.07, 6.45) is 3.61. The number of aliphatic carboxylic acids is 1. The standard InChI is InChI=1S/C15H19N3O2/c1-11(2)14(15(19)20)16-10-12-4-6-13(7-5-12)18-9-3-8-17-18/h3-9,11,14,16H,10H2,1-2H3,(H,19,20)/t14-/m1/s1. The van der Waals surface area contributed by atoms with Gasteiger partial charge in [-0.15, -0.1) is 0 Å². The van der Waals surface area contributed by atoms with Crippen LogP contribution in [0.1, 0.15) is 19.4 Å². The Morgan fingerprint density at radius 2 is 2.05 bits per heavy atom. The summed E-state index contributed by atoms with van der Waals surface area (Å²) in [6.45, 7) is 4.33. The lowest BCUT2D eigenvalue weighted by Gasteiger charge is -2.18. The minimum atomic E-state index is -0.812. The van der Waals surface area contributed by atoms with Gasteiger partial charge in [0.1, 0.15) is 6.04 Å². The van der Waals surface area contributed by atoms with Gasteiger partial charge in [0.25, 0.3) is 0 Å². The molecule has 20 heavy (non-hydrogen) atoms. The van der Waals surface area contributed by atoms with Gasteiger partial charge in [-0.05, 0) is 29.7 Å². The van der Waals surface area contributed by atoms with Crippen molar-refractivity contribution < 1.29 is 9.90 Å². The number of hydrogen-bond acceptors (Lipinski definition) is 3. The molecule has 2 N–H and O–H groups in total. The van der Waals surface area contributed by atoms with E-state index in [1.165, 1.54) is 0 Å². The highest BCUT2D eigenvalue weighted by molar-refractivity contribution is 5.73. The molecule has 1 aromatic heterocycles. The van der Waals surface area contributed by atoms with Gasteiger partial charge in [-0.3, -0.25) is 4.79 Å². The molecule has 5 heteroatoms. The molecule has 1 heterocycles. The number of hydrogen-bond donors (Lipinski definition) is 2. The Bertz CT molecular complexity index is 547. The average Bonchev–Trinajstić information content (AvgIpc) is 2.92. The van der Waals surface area contributed by atoms with Crippen LogP contribution in [0.5, 0.6) is 0 Å². The topological polar surface area (TPSA) is 67.2 Å². The molecule has 2 rings (SSSR count). The lowest BCUT2D eigenvalue weighted by molar-refractivity contribution is -0.140. The molecule has 5 nitrogen and oxygen atoms in total. The first-order valence-corrected chi connectivity index (χ1v) is 6.63. The van der Waals surface area contributed by atoms with E-state index < -0.39 is 12.0 Å². The largest absolute Gasteiger partial charge is 0.480 e. The van der Waals surface area contributed by atoms with Crippen molar-refractivity contribution in [3.05, 3.63) is 48.3 Å². The van der Waals surface area contributed by atoms with E-state index in [2.05, 4.69) is 10.4 Å². The summed E-state index contributed by atoms with van der Waals surface area (Å²) in [5.41, 5.74) is 2.03. The van der Waals surface area contributed by atoms with Gasteiger partial charge in [0.15, 0.2) is 0 Å². The van der Waals surface area contributed by atoms with Crippen molar-refractivity contribution in [3.8, 4) is 5.69 Å². The number of carbonyl (C=O) groups is 1. The van der Waals surface area contributed by atoms with E-state index in [9.17, 15) is 4.79 Å². The van der Waals surface area contributed by atoms with Crippen LogP contribution >= 0.6 is 0 Å². The Kier molecular flexibility index (Phi) is 4.53. The lowest BCUT2D eigenvalue weighted by atomic mass is 10.0. The maximum Gasteiger partial charge on any atom is 0.320 e. The van der Waals surface area contributed by atoms with E-state index in [1.807, 2.05) is 50.4 Å². The number of nitrogens with zero attached hydrogens (tertiary/aromatic N) is 2. The fourth-order valence-corrected chi connectivity index (χ4v) is 2.02. The molecule has 1 aromatic carbocycles. The number of nitrogens with one attached hydrogen (secondary N) is 1. The normalized spacial score (nSPS) is 12.6. The maximum atomic E-state index is 11.1. The Hall–Kier alpha value is -2.14. The quantitative estimate of drug-likeness (QED) is 0.845. The van der Waals surface area contributed by atoms with Gasteiger partial charge in [-0.25, -0.2) is 4.68 Å². The monoisotopic (exact) mass is 273 g/mol. The van der Waals surface area contributed by atoms with Crippen LogP contribution in [-0.4, -0.2) is 26.9 Å². The molecule has 0 bridgehead atoms.